The van der Waals surface area contributed by atoms with Gasteiger partial charge in [0, 0.05) is 6.20 Å². The highest BCUT2D eigenvalue weighted by Crippen LogP contribution is 2.38. The second kappa shape index (κ2) is 7.98. The molecule has 0 bridgehead atoms. The lowest BCUT2D eigenvalue weighted by Gasteiger charge is -2.23. The van der Waals surface area contributed by atoms with Crippen molar-refractivity contribution in [1.29, 1.82) is 0 Å². The van der Waals surface area contributed by atoms with E-state index in [9.17, 15) is 9.59 Å². The summed E-state index contributed by atoms with van der Waals surface area (Å²) >= 11 is 5.92. The van der Waals surface area contributed by atoms with Gasteiger partial charge in [0.2, 0.25) is 5.28 Å². The molecule has 1 aliphatic rings. The summed E-state index contributed by atoms with van der Waals surface area (Å²) in [5, 5.41) is 0.646. The zero-order valence-corrected chi connectivity index (χ0v) is 17.0. The first-order valence-electron chi connectivity index (χ1n) is 9.14. The summed E-state index contributed by atoms with van der Waals surface area (Å²) < 4.78 is 27.3. The Hall–Kier alpha value is -3.49. The van der Waals surface area contributed by atoms with Crippen LogP contribution in [-0.2, 0) is 20.8 Å². The van der Waals surface area contributed by atoms with E-state index in [-0.39, 0.29) is 35.8 Å². The van der Waals surface area contributed by atoms with Gasteiger partial charge in [-0.1, -0.05) is 5.92 Å². The highest BCUT2D eigenvalue weighted by atomic mass is 35.5. The maximum absolute atomic E-state index is 11.9. The van der Waals surface area contributed by atoms with Gasteiger partial charge in [0.1, 0.15) is 24.3 Å². The molecule has 0 saturated carbocycles. The molecule has 162 valence electrons. The van der Waals surface area contributed by atoms with E-state index >= 15 is 0 Å². The van der Waals surface area contributed by atoms with Crippen molar-refractivity contribution in [2.24, 2.45) is 0 Å². The van der Waals surface area contributed by atoms with Crippen molar-refractivity contribution >= 4 is 34.6 Å². The lowest BCUT2D eigenvalue weighted by molar-refractivity contribution is -0.0740. The minimum Gasteiger partial charge on any atom is -0.430 e. The van der Waals surface area contributed by atoms with Gasteiger partial charge in [-0.3, -0.25) is 0 Å². The van der Waals surface area contributed by atoms with Crippen molar-refractivity contribution in [1.82, 2.24) is 14.5 Å². The number of anilines is 1. The van der Waals surface area contributed by atoms with Crippen molar-refractivity contribution in [2.75, 3.05) is 12.3 Å². The average molecular weight is 449 g/mol. The van der Waals surface area contributed by atoms with Crippen LogP contribution in [0, 0.1) is 19.3 Å². The Kier molecular flexibility index (Phi) is 5.34. The SMILES string of the molecule is C#CC1(COC(=O)OCc2oc(=O)oc2C)CCC(n2ccc3c(N)nc(Cl)nc32)O1. The number of carbonyl (C=O) groups excluding carboxylic acids is 1. The summed E-state index contributed by atoms with van der Waals surface area (Å²) in [6.45, 7) is 0.954. The summed E-state index contributed by atoms with van der Waals surface area (Å²) in [6.07, 6.45) is 6.91. The fourth-order valence-corrected chi connectivity index (χ4v) is 3.47. The van der Waals surface area contributed by atoms with Crippen molar-refractivity contribution < 1.29 is 27.8 Å². The molecule has 1 aliphatic heterocycles. The van der Waals surface area contributed by atoms with E-state index in [0.717, 1.165) is 0 Å². The molecular formula is C19H17ClN4O7. The van der Waals surface area contributed by atoms with Gasteiger partial charge in [0.25, 0.3) is 0 Å². The maximum Gasteiger partial charge on any atom is 0.519 e. The number of aryl methyl sites for hydroxylation is 1. The molecule has 2 N–H and O–H groups in total. The van der Waals surface area contributed by atoms with Crippen LogP contribution in [0.15, 0.2) is 25.9 Å². The van der Waals surface area contributed by atoms with Crippen LogP contribution in [0.25, 0.3) is 11.0 Å². The fraction of sp³-hybridized carbons (Fsp3) is 0.368. The van der Waals surface area contributed by atoms with Crippen molar-refractivity contribution in [3.63, 3.8) is 0 Å². The van der Waals surface area contributed by atoms with Crippen LogP contribution >= 0.6 is 11.6 Å². The first-order valence-corrected chi connectivity index (χ1v) is 9.52. The number of fused-ring (bicyclic) bond motifs is 1. The number of hydrogen-bond donors (Lipinski definition) is 1. The largest absolute Gasteiger partial charge is 0.519 e. The van der Waals surface area contributed by atoms with Crippen LogP contribution in [0.2, 0.25) is 5.28 Å². The third-order valence-corrected chi connectivity index (χ3v) is 5.05. The van der Waals surface area contributed by atoms with E-state index < -0.39 is 23.8 Å². The van der Waals surface area contributed by atoms with Crippen molar-refractivity contribution in [2.45, 2.75) is 38.2 Å². The standard InChI is InChI=1S/C19H17ClN4O7/c1-3-19(9-28-17(25)27-8-12-10(2)29-18(26)30-12)6-4-13(31-19)24-7-5-11-14(21)22-16(20)23-15(11)24/h1,5,7,13H,4,6,8-9H2,2H3,(H2,21,22,23). The molecular weight excluding hydrogens is 432 g/mol. The quantitative estimate of drug-likeness (QED) is 0.351. The van der Waals surface area contributed by atoms with E-state index in [4.69, 9.17) is 42.4 Å². The van der Waals surface area contributed by atoms with E-state index in [1.54, 1.807) is 16.8 Å². The monoisotopic (exact) mass is 448 g/mol. The molecule has 2 atom stereocenters. The summed E-state index contributed by atoms with van der Waals surface area (Å²) in [5.41, 5.74) is 5.24. The van der Waals surface area contributed by atoms with Crippen LogP contribution in [0.3, 0.4) is 0 Å². The zero-order chi connectivity index (χ0) is 22.2. The fourth-order valence-electron chi connectivity index (χ4n) is 3.29. The van der Waals surface area contributed by atoms with Crippen LogP contribution in [0.1, 0.15) is 30.6 Å². The maximum atomic E-state index is 11.9. The summed E-state index contributed by atoms with van der Waals surface area (Å²) in [6, 6.07) is 1.75. The molecule has 1 saturated heterocycles. The first kappa shape index (κ1) is 20.8. The van der Waals surface area contributed by atoms with Crippen molar-refractivity contribution in [3.8, 4) is 12.3 Å². The first-order chi connectivity index (χ1) is 14.8. The minimum absolute atomic E-state index is 0.0148. The van der Waals surface area contributed by atoms with E-state index in [0.29, 0.717) is 23.9 Å². The molecule has 12 heteroatoms. The molecule has 3 aromatic rings. The third-order valence-electron chi connectivity index (χ3n) is 4.88. The van der Waals surface area contributed by atoms with Gasteiger partial charge >= 0.3 is 12.0 Å². The molecule has 4 rings (SSSR count). The van der Waals surface area contributed by atoms with E-state index in [1.807, 2.05) is 0 Å². The second-order valence-corrected chi connectivity index (χ2v) is 7.19. The van der Waals surface area contributed by atoms with Crippen LogP contribution < -0.4 is 11.6 Å². The number of nitrogen functional groups attached to an aromatic ring is 1. The number of terminal acetylenes is 1. The Balaban J connectivity index is 1.40. The van der Waals surface area contributed by atoms with Gasteiger partial charge in [0.15, 0.2) is 23.7 Å². The summed E-state index contributed by atoms with van der Waals surface area (Å²) in [5.74, 6) is 2.23. The summed E-state index contributed by atoms with van der Waals surface area (Å²) in [7, 11) is 0. The van der Waals surface area contributed by atoms with Crippen molar-refractivity contribution in [3.05, 3.63) is 39.7 Å². The number of rotatable bonds is 5. The topological polar surface area (TPSA) is 145 Å². The Morgan fingerprint density at radius 1 is 1.45 bits per heavy atom. The zero-order valence-electron chi connectivity index (χ0n) is 16.3. The van der Waals surface area contributed by atoms with Gasteiger partial charge in [-0.25, -0.2) is 14.6 Å². The molecule has 4 heterocycles. The van der Waals surface area contributed by atoms with E-state index in [2.05, 4.69) is 20.3 Å². The highest BCUT2D eigenvalue weighted by Gasteiger charge is 2.41. The number of nitrogens with zero attached hydrogens (tertiary/aromatic N) is 3. The van der Waals surface area contributed by atoms with Crippen LogP contribution in [0.5, 0.6) is 0 Å². The molecule has 3 aromatic heterocycles. The molecule has 2 unspecified atom stereocenters. The Morgan fingerprint density at radius 2 is 2.26 bits per heavy atom. The number of nitrogens with two attached hydrogens (primary N) is 1. The molecule has 0 aliphatic carbocycles. The molecule has 0 radical (unpaired) electrons. The minimum atomic E-state index is -1.15. The molecule has 11 nitrogen and oxygen atoms in total. The average Bonchev–Trinajstić information content (AvgIpc) is 3.42. The van der Waals surface area contributed by atoms with E-state index in [1.165, 1.54) is 6.92 Å². The smallest absolute Gasteiger partial charge is 0.430 e. The number of hydrogen-bond acceptors (Lipinski definition) is 10. The molecule has 1 fully saturated rings. The van der Waals surface area contributed by atoms with Gasteiger partial charge < -0.3 is 33.3 Å². The Bertz CT molecular complexity index is 1240. The van der Waals surface area contributed by atoms with Crippen LogP contribution in [0.4, 0.5) is 10.6 Å². The second-order valence-electron chi connectivity index (χ2n) is 6.85. The number of halogens is 1. The molecule has 0 aromatic carbocycles. The van der Waals surface area contributed by atoms with Gasteiger partial charge in [-0.2, -0.15) is 4.98 Å². The number of ether oxygens (including phenoxy) is 3. The van der Waals surface area contributed by atoms with Crippen LogP contribution in [-0.4, -0.2) is 32.9 Å². The molecule has 31 heavy (non-hydrogen) atoms. The Morgan fingerprint density at radius 3 is 2.97 bits per heavy atom. The lowest BCUT2D eigenvalue weighted by atomic mass is 10.0. The normalized spacial score (nSPS) is 20.6. The number of aromatic nitrogens is 3. The third kappa shape index (κ3) is 4.08. The highest BCUT2D eigenvalue weighted by molar-refractivity contribution is 6.28. The lowest BCUT2D eigenvalue weighted by Crippen LogP contribution is -2.34. The predicted octanol–water partition coefficient (Wildman–Crippen LogP) is 2.56. The number of carbonyl (C=O) groups is 1. The van der Waals surface area contributed by atoms with Gasteiger partial charge in [0.05, 0.1) is 5.39 Å². The summed E-state index contributed by atoms with van der Waals surface area (Å²) in [4.78, 5) is 31.1. The van der Waals surface area contributed by atoms with Gasteiger partial charge in [-0.05, 0) is 37.4 Å². The van der Waals surface area contributed by atoms with Gasteiger partial charge in [-0.15, -0.1) is 6.42 Å². The molecule has 0 spiro atoms. The predicted molar refractivity (Wildman–Crippen MR) is 106 cm³/mol. The molecule has 0 amide bonds. The Labute approximate surface area is 180 Å².